The standard InChI is InChI=1S/C11H6Cl5O/c12-10(13,11(14,15)16)9(17)6-5-7-3-1-2-4-8(7)9/h1-6H. The van der Waals surface area contributed by atoms with Crippen molar-refractivity contribution in [2.24, 2.45) is 0 Å². The molecular formula is C11H6Cl5O. The van der Waals surface area contributed by atoms with E-state index >= 15 is 0 Å². The van der Waals surface area contributed by atoms with E-state index in [9.17, 15) is 5.11 Å². The van der Waals surface area contributed by atoms with Crippen molar-refractivity contribution in [3.63, 3.8) is 0 Å². The number of hydrogen-bond acceptors (Lipinski definition) is 0. The summed E-state index contributed by atoms with van der Waals surface area (Å²) in [6, 6.07) is 6.90. The van der Waals surface area contributed by atoms with Crippen LogP contribution in [0.4, 0.5) is 0 Å². The van der Waals surface area contributed by atoms with E-state index in [1.54, 1.807) is 30.3 Å². The lowest BCUT2D eigenvalue weighted by Crippen LogP contribution is -2.49. The van der Waals surface area contributed by atoms with E-state index in [2.05, 4.69) is 0 Å². The molecule has 0 bridgehead atoms. The van der Waals surface area contributed by atoms with E-state index < -0.39 is 13.7 Å². The number of benzene rings is 1. The zero-order chi connectivity index (χ0) is 12.9. The molecule has 0 heterocycles. The second-order valence-corrected chi connectivity index (χ2v) is 7.34. The topological polar surface area (TPSA) is 19.9 Å². The highest BCUT2D eigenvalue weighted by Crippen LogP contribution is 2.58. The van der Waals surface area contributed by atoms with Gasteiger partial charge in [-0.15, -0.1) is 0 Å². The van der Waals surface area contributed by atoms with Crippen LogP contribution in [0.5, 0.6) is 0 Å². The lowest BCUT2D eigenvalue weighted by Gasteiger charge is -2.37. The molecule has 17 heavy (non-hydrogen) atoms. The van der Waals surface area contributed by atoms with Crippen LogP contribution >= 0.6 is 58.0 Å². The smallest absolute Gasteiger partial charge is 0.216 e. The average molecular weight is 331 g/mol. The molecule has 0 saturated carbocycles. The van der Waals surface area contributed by atoms with Crippen molar-refractivity contribution in [3.05, 3.63) is 41.5 Å². The van der Waals surface area contributed by atoms with Gasteiger partial charge in [-0.05, 0) is 11.6 Å². The minimum Gasteiger partial charge on any atom is -0.216 e. The molecule has 1 aliphatic carbocycles. The third-order valence-electron chi connectivity index (χ3n) is 2.68. The summed E-state index contributed by atoms with van der Waals surface area (Å²) in [5.74, 6) is 0. The Morgan fingerprint density at radius 1 is 1.00 bits per heavy atom. The molecule has 1 aliphatic rings. The molecular weight excluding hydrogens is 325 g/mol. The van der Waals surface area contributed by atoms with Crippen LogP contribution in [-0.2, 0) is 10.7 Å². The molecule has 1 nitrogen and oxygen atoms in total. The van der Waals surface area contributed by atoms with Gasteiger partial charge in [0, 0.05) is 5.56 Å². The summed E-state index contributed by atoms with van der Waals surface area (Å²) in [7, 11) is 0. The first-order valence-corrected chi connectivity index (χ1v) is 6.53. The van der Waals surface area contributed by atoms with Gasteiger partial charge >= 0.3 is 0 Å². The van der Waals surface area contributed by atoms with Crippen molar-refractivity contribution in [3.8, 4) is 0 Å². The second-order valence-electron chi connectivity index (χ2n) is 3.73. The molecule has 0 N–H and O–H groups in total. The highest BCUT2D eigenvalue weighted by Gasteiger charge is 2.62. The zero-order valence-electron chi connectivity index (χ0n) is 8.26. The Kier molecular flexibility index (Phi) is 3.40. The number of alkyl halides is 5. The van der Waals surface area contributed by atoms with Crippen molar-refractivity contribution in [1.29, 1.82) is 0 Å². The number of rotatable bonds is 1. The molecule has 0 aliphatic heterocycles. The Hall–Kier alpha value is 0.370. The van der Waals surface area contributed by atoms with E-state index in [1.165, 1.54) is 6.08 Å². The largest absolute Gasteiger partial charge is 0.226 e. The minimum atomic E-state index is -2.10. The van der Waals surface area contributed by atoms with Crippen LogP contribution < -0.4 is 0 Å². The van der Waals surface area contributed by atoms with Gasteiger partial charge in [-0.3, -0.25) is 0 Å². The quantitative estimate of drug-likeness (QED) is 0.654. The van der Waals surface area contributed by atoms with Crippen LogP contribution in [0.25, 0.3) is 6.08 Å². The maximum atomic E-state index is 12.8. The summed E-state index contributed by atoms with van der Waals surface area (Å²) in [6.45, 7) is 0. The third-order valence-corrected chi connectivity index (χ3v) is 5.24. The second kappa shape index (κ2) is 4.19. The lowest BCUT2D eigenvalue weighted by atomic mass is 9.92. The SMILES string of the molecule is [O]C1(C(Cl)(Cl)C(Cl)(Cl)Cl)C=Cc2ccccc21. The average Bonchev–Trinajstić information content (AvgIpc) is 2.57. The first-order chi connectivity index (χ1) is 7.70. The van der Waals surface area contributed by atoms with Crippen molar-refractivity contribution in [2.45, 2.75) is 13.7 Å². The van der Waals surface area contributed by atoms with E-state index in [0.717, 1.165) is 5.56 Å². The van der Waals surface area contributed by atoms with Gasteiger partial charge in [0.05, 0.1) is 0 Å². The third kappa shape index (κ3) is 1.98. The normalized spacial score (nSPS) is 23.9. The van der Waals surface area contributed by atoms with Crippen LogP contribution in [0.3, 0.4) is 0 Å². The van der Waals surface area contributed by atoms with Crippen LogP contribution in [0.15, 0.2) is 30.3 Å². The molecule has 0 amide bonds. The summed E-state index contributed by atoms with van der Waals surface area (Å²) in [5, 5.41) is 12.8. The van der Waals surface area contributed by atoms with Gasteiger partial charge < -0.3 is 0 Å². The van der Waals surface area contributed by atoms with Gasteiger partial charge in [-0.1, -0.05) is 88.3 Å². The summed E-state index contributed by atoms with van der Waals surface area (Å²) in [5.41, 5.74) is -0.864. The molecule has 91 valence electrons. The first-order valence-electron chi connectivity index (χ1n) is 4.64. The predicted molar refractivity (Wildman–Crippen MR) is 72.6 cm³/mol. The molecule has 0 aromatic heterocycles. The van der Waals surface area contributed by atoms with Crippen molar-refractivity contribution in [2.75, 3.05) is 0 Å². The summed E-state index contributed by atoms with van der Waals surface area (Å²) in [6.07, 6.45) is 2.94. The number of hydrogen-bond donors (Lipinski definition) is 0. The van der Waals surface area contributed by atoms with Crippen LogP contribution in [-0.4, -0.2) is 8.13 Å². The maximum Gasteiger partial charge on any atom is 0.226 e. The Morgan fingerprint density at radius 2 is 1.59 bits per heavy atom. The Morgan fingerprint density at radius 3 is 2.18 bits per heavy atom. The fourth-order valence-corrected chi connectivity index (χ4v) is 2.51. The molecule has 6 heteroatoms. The molecule has 1 unspecified atom stereocenters. The van der Waals surface area contributed by atoms with E-state index in [1.807, 2.05) is 0 Å². The summed E-state index contributed by atoms with van der Waals surface area (Å²) < 4.78 is -4.20. The predicted octanol–water partition coefficient (Wildman–Crippen LogP) is 4.88. The minimum absolute atomic E-state index is 0.399. The zero-order valence-corrected chi connectivity index (χ0v) is 12.0. The van der Waals surface area contributed by atoms with Crippen molar-refractivity contribution < 1.29 is 5.11 Å². The van der Waals surface area contributed by atoms with E-state index in [-0.39, 0.29) is 0 Å². The van der Waals surface area contributed by atoms with Gasteiger partial charge in [-0.25, -0.2) is 5.11 Å². The van der Waals surface area contributed by atoms with Gasteiger partial charge in [0.1, 0.15) is 0 Å². The van der Waals surface area contributed by atoms with Crippen molar-refractivity contribution >= 4 is 64.1 Å². The monoisotopic (exact) mass is 329 g/mol. The molecule has 2 rings (SSSR count). The first kappa shape index (κ1) is 13.8. The number of halogens is 5. The fraction of sp³-hybridized carbons (Fsp3) is 0.273. The molecule has 1 atom stereocenters. The summed E-state index contributed by atoms with van der Waals surface area (Å²) >= 11 is 29.1. The van der Waals surface area contributed by atoms with Crippen molar-refractivity contribution in [1.82, 2.24) is 0 Å². The van der Waals surface area contributed by atoms with E-state index in [0.29, 0.717) is 5.56 Å². The molecule has 0 fully saturated rings. The highest BCUT2D eigenvalue weighted by molar-refractivity contribution is 6.75. The highest BCUT2D eigenvalue weighted by atomic mass is 35.6. The van der Waals surface area contributed by atoms with Crippen LogP contribution in [0.1, 0.15) is 11.1 Å². The molecule has 0 spiro atoms. The Balaban J connectivity index is 2.58. The van der Waals surface area contributed by atoms with Gasteiger partial charge in [-0.2, -0.15) is 0 Å². The Bertz CT molecular complexity index is 477. The Labute approximate surface area is 124 Å². The maximum absolute atomic E-state index is 12.8. The molecule has 1 aromatic carbocycles. The molecule has 0 saturated heterocycles. The lowest BCUT2D eigenvalue weighted by molar-refractivity contribution is -0.00135. The number of fused-ring (bicyclic) bond motifs is 1. The van der Waals surface area contributed by atoms with Gasteiger partial charge in [0.2, 0.25) is 8.13 Å². The van der Waals surface area contributed by atoms with Gasteiger partial charge in [0.25, 0.3) is 0 Å². The van der Waals surface area contributed by atoms with Crippen LogP contribution in [0.2, 0.25) is 0 Å². The van der Waals surface area contributed by atoms with Gasteiger partial charge in [0.15, 0.2) is 5.60 Å². The van der Waals surface area contributed by atoms with Crippen LogP contribution in [0, 0.1) is 0 Å². The molecule has 1 radical (unpaired) electrons. The fourth-order valence-electron chi connectivity index (χ4n) is 1.76. The van der Waals surface area contributed by atoms with E-state index in [4.69, 9.17) is 58.0 Å². The summed E-state index contributed by atoms with van der Waals surface area (Å²) in [4.78, 5) is 0. The molecule has 1 aromatic rings.